The van der Waals surface area contributed by atoms with Gasteiger partial charge in [-0.15, -0.1) is 0 Å². The third-order valence-corrected chi connectivity index (χ3v) is 6.57. The van der Waals surface area contributed by atoms with Gasteiger partial charge in [-0.05, 0) is 38.9 Å². The van der Waals surface area contributed by atoms with E-state index in [2.05, 4.69) is 70.3 Å². The summed E-state index contributed by atoms with van der Waals surface area (Å²) in [7, 11) is -1.78. The maximum absolute atomic E-state index is 3.80. The minimum absolute atomic E-state index is 0.145. The van der Waals surface area contributed by atoms with Crippen LogP contribution in [-0.2, 0) is 0 Å². The maximum Gasteiger partial charge on any atom is 0.281 e. The van der Waals surface area contributed by atoms with Gasteiger partial charge in [0.05, 0.1) is 0 Å². The molecule has 0 unspecified atom stereocenters. The molecule has 3 N–H and O–H groups in total. The summed E-state index contributed by atoms with van der Waals surface area (Å²) in [5, 5.41) is 0. The highest BCUT2D eigenvalue weighted by atomic mass is 28.4. The quantitative estimate of drug-likeness (QED) is 0.629. The van der Waals surface area contributed by atoms with Crippen molar-refractivity contribution < 1.29 is 0 Å². The topological polar surface area (TPSA) is 36.1 Å². The summed E-state index contributed by atoms with van der Waals surface area (Å²) in [6, 6.07) is 2.15. The van der Waals surface area contributed by atoms with Gasteiger partial charge in [-0.2, -0.15) is 0 Å². The van der Waals surface area contributed by atoms with E-state index in [1.165, 1.54) is 0 Å². The van der Waals surface area contributed by atoms with E-state index in [0.29, 0.717) is 12.1 Å². The predicted molar refractivity (Wildman–Crippen MR) is 75.7 cm³/mol. The first-order valence-electron chi connectivity index (χ1n) is 6.45. The second kappa shape index (κ2) is 6.14. The molecule has 0 aromatic rings. The molecular weight excluding hydrogens is 214 g/mol. The SMILES string of the molecule is CC[Si](NC(C)C)(NC(C)C)NC(C)(C)C. The lowest BCUT2D eigenvalue weighted by Gasteiger charge is -2.41. The Balaban J connectivity index is 4.80. The third kappa shape index (κ3) is 6.63. The van der Waals surface area contributed by atoms with Gasteiger partial charge in [0.25, 0.3) is 8.56 Å². The number of hydrogen-bond acceptors (Lipinski definition) is 3. The molecule has 0 aliphatic rings. The average molecular weight is 245 g/mol. The maximum atomic E-state index is 3.80. The first kappa shape index (κ1) is 16.1. The molecule has 3 nitrogen and oxygen atoms in total. The molecule has 0 atom stereocenters. The Bertz CT molecular complexity index is 187. The highest BCUT2D eigenvalue weighted by Gasteiger charge is 2.36. The molecule has 0 heterocycles. The Kier molecular flexibility index (Phi) is 6.18. The molecule has 0 saturated heterocycles. The highest BCUT2D eigenvalue weighted by Crippen LogP contribution is 2.09. The Morgan fingerprint density at radius 3 is 1.50 bits per heavy atom. The molecule has 0 amide bonds. The third-order valence-electron chi connectivity index (χ3n) is 2.19. The van der Waals surface area contributed by atoms with E-state index in [9.17, 15) is 0 Å². The monoisotopic (exact) mass is 245 g/mol. The van der Waals surface area contributed by atoms with Crippen molar-refractivity contribution in [1.29, 1.82) is 0 Å². The van der Waals surface area contributed by atoms with Gasteiger partial charge in [0.1, 0.15) is 0 Å². The van der Waals surface area contributed by atoms with E-state index in [1.807, 2.05) is 0 Å². The Hall–Kier alpha value is 0.0969. The van der Waals surface area contributed by atoms with Crippen molar-refractivity contribution in [3.05, 3.63) is 0 Å². The summed E-state index contributed by atoms with van der Waals surface area (Å²) in [5.41, 5.74) is 0.145. The van der Waals surface area contributed by atoms with E-state index in [4.69, 9.17) is 0 Å². The van der Waals surface area contributed by atoms with Crippen molar-refractivity contribution in [3.63, 3.8) is 0 Å². The molecule has 98 valence electrons. The minimum Gasteiger partial charge on any atom is -0.311 e. The van der Waals surface area contributed by atoms with E-state index < -0.39 is 8.56 Å². The van der Waals surface area contributed by atoms with Gasteiger partial charge in [0.2, 0.25) is 0 Å². The van der Waals surface area contributed by atoms with E-state index >= 15 is 0 Å². The highest BCUT2D eigenvalue weighted by molar-refractivity contribution is 6.72. The van der Waals surface area contributed by atoms with Crippen molar-refractivity contribution >= 4 is 8.56 Å². The largest absolute Gasteiger partial charge is 0.311 e. The van der Waals surface area contributed by atoms with Crippen LogP contribution in [0.4, 0.5) is 0 Å². The van der Waals surface area contributed by atoms with Crippen molar-refractivity contribution in [1.82, 2.24) is 14.9 Å². The van der Waals surface area contributed by atoms with Crippen LogP contribution in [0.3, 0.4) is 0 Å². The number of nitrogens with one attached hydrogen (secondary N) is 3. The molecule has 0 aromatic carbocycles. The first-order valence-corrected chi connectivity index (χ1v) is 8.65. The summed E-state index contributed by atoms with van der Waals surface area (Å²) < 4.78 is 0. The molecule has 0 aromatic heterocycles. The Morgan fingerprint density at radius 1 is 0.938 bits per heavy atom. The van der Waals surface area contributed by atoms with Crippen LogP contribution < -0.4 is 14.9 Å². The van der Waals surface area contributed by atoms with Crippen molar-refractivity contribution in [2.45, 2.75) is 79.1 Å². The summed E-state index contributed by atoms with van der Waals surface area (Å²) >= 11 is 0. The summed E-state index contributed by atoms with van der Waals surface area (Å²) in [6.45, 7) is 17.8. The molecule has 0 aliphatic heterocycles. The smallest absolute Gasteiger partial charge is 0.281 e. The van der Waals surface area contributed by atoms with Gasteiger partial charge >= 0.3 is 0 Å². The average Bonchev–Trinajstić information content (AvgIpc) is 1.97. The second-order valence-electron chi connectivity index (χ2n) is 6.23. The van der Waals surface area contributed by atoms with E-state index in [0.717, 1.165) is 6.04 Å². The van der Waals surface area contributed by atoms with Crippen LogP contribution in [0.15, 0.2) is 0 Å². The van der Waals surface area contributed by atoms with Gasteiger partial charge in [0, 0.05) is 5.54 Å². The lowest BCUT2D eigenvalue weighted by Crippen LogP contribution is -2.77. The molecule has 16 heavy (non-hydrogen) atoms. The molecular formula is C12H31N3Si. The molecule has 0 aliphatic carbocycles. The van der Waals surface area contributed by atoms with Crippen LogP contribution in [-0.4, -0.2) is 26.2 Å². The fraction of sp³-hybridized carbons (Fsp3) is 1.00. The van der Waals surface area contributed by atoms with Gasteiger partial charge in [-0.25, -0.2) is 0 Å². The molecule has 0 fully saturated rings. The Labute approximate surface area is 103 Å². The fourth-order valence-corrected chi connectivity index (χ4v) is 6.10. The summed E-state index contributed by atoms with van der Waals surface area (Å²) in [4.78, 5) is 11.3. The van der Waals surface area contributed by atoms with Gasteiger partial charge in [-0.1, -0.05) is 34.6 Å². The Morgan fingerprint density at radius 2 is 1.31 bits per heavy atom. The van der Waals surface area contributed by atoms with Crippen molar-refractivity contribution in [3.8, 4) is 0 Å². The lowest BCUT2D eigenvalue weighted by atomic mass is 10.1. The second-order valence-corrected chi connectivity index (χ2v) is 9.58. The summed E-state index contributed by atoms with van der Waals surface area (Å²) in [5.74, 6) is 0. The first-order chi connectivity index (χ1) is 7.10. The van der Waals surface area contributed by atoms with Gasteiger partial charge < -0.3 is 14.9 Å². The molecule has 0 rings (SSSR count). The van der Waals surface area contributed by atoms with Crippen molar-refractivity contribution in [2.75, 3.05) is 0 Å². The zero-order valence-corrected chi connectivity index (χ0v) is 13.4. The molecule has 0 radical (unpaired) electrons. The normalized spacial score (nSPS) is 13.9. The number of hydrogen-bond donors (Lipinski definition) is 3. The fourth-order valence-electron chi connectivity index (χ4n) is 2.03. The molecule has 0 spiro atoms. The van der Waals surface area contributed by atoms with Crippen molar-refractivity contribution in [2.24, 2.45) is 0 Å². The van der Waals surface area contributed by atoms with Crippen LogP contribution >= 0.6 is 0 Å². The summed E-state index contributed by atoms with van der Waals surface area (Å²) in [6.07, 6.45) is 0. The van der Waals surface area contributed by atoms with Crippen LogP contribution in [0.2, 0.25) is 6.04 Å². The zero-order valence-electron chi connectivity index (χ0n) is 12.4. The lowest BCUT2D eigenvalue weighted by molar-refractivity contribution is 0.479. The van der Waals surface area contributed by atoms with Gasteiger partial charge in [-0.3, -0.25) is 0 Å². The minimum atomic E-state index is -1.78. The predicted octanol–water partition coefficient (Wildman–Crippen LogP) is 2.33. The van der Waals surface area contributed by atoms with Crippen LogP contribution in [0, 0.1) is 0 Å². The standard InChI is InChI=1S/C12H31N3Si/c1-9-16(13-10(2)3,14-11(4)5)15-12(6,7)8/h10-11,13-15H,9H2,1-8H3. The van der Waals surface area contributed by atoms with Crippen LogP contribution in [0.25, 0.3) is 0 Å². The number of rotatable bonds is 6. The molecule has 0 bridgehead atoms. The van der Waals surface area contributed by atoms with Gasteiger partial charge in [0.15, 0.2) is 0 Å². The zero-order chi connectivity index (χ0) is 13.0. The van der Waals surface area contributed by atoms with Crippen LogP contribution in [0.5, 0.6) is 0 Å². The van der Waals surface area contributed by atoms with E-state index in [-0.39, 0.29) is 5.54 Å². The molecule has 4 heteroatoms. The van der Waals surface area contributed by atoms with Crippen LogP contribution in [0.1, 0.15) is 55.4 Å². The van der Waals surface area contributed by atoms with E-state index in [1.54, 1.807) is 0 Å². The molecule has 0 saturated carbocycles.